The number of methoxy groups -OCH3 is 2. The summed E-state index contributed by atoms with van der Waals surface area (Å²) >= 11 is 0. The summed E-state index contributed by atoms with van der Waals surface area (Å²) in [6, 6.07) is 10.3. The summed E-state index contributed by atoms with van der Waals surface area (Å²) in [6.07, 6.45) is 3.25. The molecule has 3 heterocycles. The van der Waals surface area contributed by atoms with E-state index < -0.39 is 17.2 Å². The molecule has 1 amide bonds. The molecule has 1 fully saturated rings. The second-order valence-electron chi connectivity index (χ2n) is 8.97. The number of fused-ring (bicyclic) bond motifs is 1. The Kier molecular flexibility index (Phi) is 6.81. The van der Waals surface area contributed by atoms with Crippen molar-refractivity contribution in [1.29, 1.82) is 0 Å². The van der Waals surface area contributed by atoms with Crippen LogP contribution < -0.4 is 5.56 Å². The van der Waals surface area contributed by atoms with Crippen LogP contribution in [0.4, 0.5) is 8.78 Å². The van der Waals surface area contributed by atoms with E-state index in [1.807, 2.05) is 4.90 Å². The van der Waals surface area contributed by atoms with Gasteiger partial charge in [0.05, 0.1) is 48.3 Å². The molecule has 0 unspecified atom stereocenters. The maximum Gasteiger partial charge on any atom is 0.258 e. The molecule has 2 aromatic carbocycles. The molecule has 0 spiro atoms. The fraction of sp³-hybridized carbons (Fsp3) is 0.308. The smallest absolute Gasteiger partial charge is 0.258 e. The molecule has 0 radical (unpaired) electrons. The van der Waals surface area contributed by atoms with Gasteiger partial charge in [0, 0.05) is 31.2 Å². The number of amides is 1. The van der Waals surface area contributed by atoms with Gasteiger partial charge >= 0.3 is 0 Å². The number of ether oxygens (including phenoxy) is 2. The van der Waals surface area contributed by atoms with E-state index in [9.17, 15) is 18.4 Å². The molecule has 1 saturated heterocycles. The van der Waals surface area contributed by atoms with Crippen molar-refractivity contribution in [3.8, 4) is 16.9 Å². The summed E-state index contributed by atoms with van der Waals surface area (Å²) in [5.74, 6) is -2.16. The Balaban J connectivity index is 1.39. The lowest BCUT2D eigenvalue weighted by Crippen LogP contribution is -2.44. The van der Waals surface area contributed by atoms with Crippen LogP contribution in [-0.4, -0.2) is 70.3 Å². The number of benzene rings is 2. The topological polar surface area (TPSA) is 102 Å². The maximum absolute atomic E-state index is 13.7. The van der Waals surface area contributed by atoms with Crippen LogP contribution in [0.1, 0.15) is 23.2 Å². The van der Waals surface area contributed by atoms with Gasteiger partial charge in [-0.25, -0.2) is 13.5 Å². The van der Waals surface area contributed by atoms with Crippen molar-refractivity contribution in [3.05, 3.63) is 76.2 Å². The van der Waals surface area contributed by atoms with Crippen molar-refractivity contribution in [1.82, 2.24) is 24.9 Å². The zero-order valence-corrected chi connectivity index (χ0v) is 20.3. The highest BCUT2D eigenvalue weighted by atomic mass is 19.2. The SMILES string of the molecule is COC[C@H]1CC[C@H](COC)N1C(=O)c1ccc(-n2cc(-c3cc4cc(F)c(F)cc4[nH]c3=O)nn2)cc1. The Morgan fingerprint density at radius 3 is 2.32 bits per heavy atom. The van der Waals surface area contributed by atoms with Crippen LogP contribution >= 0.6 is 0 Å². The molecule has 9 nitrogen and oxygen atoms in total. The third kappa shape index (κ3) is 4.75. The zero-order valence-electron chi connectivity index (χ0n) is 20.3. The number of halogens is 2. The van der Waals surface area contributed by atoms with Gasteiger partial charge in [0.2, 0.25) is 0 Å². The summed E-state index contributed by atoms with van der Waals surface area (Å²) in [5.41, 5.74) is 1.25. The molecular weight excluding hydrogens is 484 g/mol. The number of carbonyl (C=O) groups is 1. The highest BCUT2D eigenvalue weighted by molar-refractivity contribution is 5.95. The van der Waals surface area contributed by atoms with E-state index in [0.29, 0.717) is 29.9 Å². The molecule has 192 valence electrons. The van der Waals surface area contributed by atoms with Gasteiger partial charge in [-0.2, -0.15) is 0 Å². The number of H-pyrrole nitrogens is 1. The molecule has 1 aliphatic rings. The molecule has 0 saturated carbocycles. The first-order valence-corrected chi connectivity index (χ1v) is 11.8. The lowest BCUT2D eigenvalue weighted by molar-refractivity contribution is 0.0420. The lowest BCUT2D eigenvalue weighted by Gasteiger charge is -2.30. The average Bonchev–Trinajstić information content (AvgIpc) is 3.53. The Morgan fingerprint density at radius 1 is 1.03 bits per heavy atom. The molecule has 1 aliphatic heterocycles. The number of pyridine rings is 1. The second-order valence-corrected chi connectivity index (χ2v) is 8.97. The third-order valence-corrected chi connectivity index (χ3v) is 6.61. The maximum atomic E-state index is 13.7. The van der Waals surface area contributed by atoms with Crippen LogP contribution in [-0.2, 0) is 9.47 Å². The lowest BCUT2D eigenvalue weighted by atomic mass is 10.1. The highest BCUT2D eigenvalue weighted by Gasteiger charge is 2.37. The number of likely N-dealkylation sites (tertiary alicyclic amines) is 1. The molecule has 2 aromatic heterocycles. The van der Waals surface area contributed by atoms with Crippen molar-refractivity contribution in [3.63, 3.8) is 0 Å². The normalized spacial score (nSPS) is 17.6. The van der Waals surface area contributed by atoms with Gasteiger partial charge in [-0.05, 0) is 49.2 Å². The summed E-state index contributed by atoms with van der Waals surface area (Å²) in [7, 11) is 3.24. The van der Waals surface area contributed by atoms with Gasteiger partial charge < -0.3 is 19.4 Å². The minimum atomic E-state index is -1.04. The molecule has 0 aliphatic carbocycles. The van der Waals surface area contributed by atoms with E-state index in [1.165, 1.54) is 10.7 Å². The fourth-order valence-electron chi connectivity index (χ4n) is 4.81. The van der Waals surface area contributed by atoms with Crippen molar-refractivity contribution >= 4 is 16.8 Å². The van der Waals surface area contributed by atoms with Crippen LogP contribution in [0.25, 0.3) is 27.8 Å². The van der Waals surface area contributed by atoms with Crippen molar-refractivity contribution in [2.45, 2.75) is 24.9 Å². The van der Waals surface area contributed by atoms with E-state index in [1.54, 1.807) is 44.7 Å². The van der Waals surface area contributed by atoms with Crippen LogP contribution in [0.3, 0.4) is 0 Å². The van der Waals surface area contributed by atoms with Crippen LogP contribution in [0.2, 0.25) is 0 Å². The van der Waals surface area contributed by atoms with E-state index >= 15 is 0 Å². The van der Waals surface area contributed by atoms with Gasteiger partial charge in [-0.15, -0.1) is 5.10 Å². The number of carbonyl (C=O) groups excluding carboxylic acids is 1. The summed E-state index contributed by atoms with van der Waals surface area (Å²) in [5, 5.41) is 8.49. The first kappa shape index (κ1) is 24.7. The minimum absolute atomic E-state index is 0.0137. The van der Waals surface area contributed by atoms with Gasteiger partial charge in [-0.1, -0.05) is 5.21 Å². The van der Waals surface area contributed by atoms with Gasteiger partial charge in [-0.3, -0.25) is 9.59 Å². The molecule has 1 N–H and O–H groups in total. The number of hydrogen-bond donors (Lipinski definition) is 1. The number of nitrogens with one attached hydrogen (secondary N) is 1. The predicted molar refractivity (Wildman–Crippen MR) is 132 cm³/mol. The number of aromatic nitrogens is 4. The molecule has 5 rings (SSSR count). The third-order valence-electron chi connectivity index (χ3n) is 6.61. The Bertz CT molecular complexity index is 1490. The average molecular weight is 510 g/mol. The monoisotopic (exact) mass is 509 g/mol. The van der Waals surface area contributed by atoms with Crippen molar-refractivity contribution in [2.75, 3.05) is 27.4 Å². The molecule has 4 aromatic rings. The Hall–Kier alpha value is -3.96. The first-order chi connectivity index (χ1) is 17.9. The molecule has 2 atom stereocenters. The van der Waals surface area contributed by atoms with Gasteiger partial charge in [0.1, 0.15) is 5.69 Å². The van der Waals surface area contributed by atoms with E-state index in [2.05, 4.69) is 15.3 Å². The number of nitrogens with zero attached hydrogens (tertiary/aromatic N) is 4. The molecule has 11 heteroatoms. The van der Waals surface area contributed by atoms with E-state index in [0.717, 1.165) is 25.0 Å². The molecular formula is C26H25F2N5O4. The summed E-state index contributed by atoms with van der Waals surface area (Å²) < 4.78 is 39.3. The van der Waals surface area contributed by atoms with Crippen molar-refractivity contribution < 1.29 is 23.0 Å². The zero-order chi connectivity index (χ0) is 26.1. The quantitative estimate of drug-likeness (QED) is 0.410. The highest BCUT2D eigenvalue weighted by Crippen LogP contribution is 2.27. The Labute approximate surface area is 210 Å². The predicted octanol–water partition coefficient (Wildman–Crippen LogP) is 3.32. The minimum Gasteiger partial charge on any atom is -0.383 e. The summed E-state index contributed by atoms with van der Waals surface area (Å²) in [4.78, 5) is 30.3. The molecule has 37 heavy (non-hydrogen) atoms. The van der Waals surface area contributed by atoms with Gasteiger partial charge in [0.25, 0.3) is 11.5 Å². The van der Waals surface area contributed by atoms with Crippen molar-refractivity contribution in [2.24, 2.45) is 0 Å². The summed E-state index contributed by atoms with van der Waals surface area (Å²) in [6.45, 7) is 0.919. The van der Waals surface area contributed by atoms with Crippen LogP contribution in [0.5, 0.6) is 0 Å². The fourth-order valence-corrected chi connectivity index (χ4v) is 4.81. The Morgan fingerprint density at radius 2 is 1.68 bits per heavy atom. The largest absolute Gasteiger partial charge is 0.383 e. The van der Waals surface area contributed by atoms with E-state index in [4.69, 9.17) is 9.47 Å². The number of rotatable bonds is 7. The van der Waals surface area contributed by atoms with Crippen LogP contribution in [0, 0.1) is 11.6 Å². The number of hydrogen-bond acceptors (Lipinski definition) is 6. The first-order valence-electron chi connectivity index (χ1n) is 11.8. The van der Waals surface area contributed by atoms with Crippen LogP contribution in [0.15, 0.2) is 53.5 Å². The number of aromatic amines is 1. The van der Waals surface area contributed by atoms with Gasteiger partial charge in [0.15, 0.2) is 11.6 Å². The second kappa shape index (κ2) is 10.2. The molecule has 0 bridgehead atoms. The van der Waals surface area contributed by atoms with E-state index in [-0.39, 0.29) is 34.8 Å². The standard InChI is InChI=1S/C26H25F2N5O4/c1-36-13-18-7-8-19(14-37-2)33(18)26(35)15-3-5-17(6-4-15)32-12-24(30-31-32)20-9-16-10-21(27)22(28)11-23(16)29-25(20)34/h3-6,9-12,18-19H,7-8,13-14H2,1-2H3,(H,29,34)/t18-,19-/m1/s1.